The van der Waals surface area contributed by atoms with Crippen LogP contribution in [0.15, 0.2) is 0 Å². The zero-order chi connectivity index (χ0) is 7.28. The Morgan fingerprint density at radius 1 is 1.00 bits per heavy atom. The highest BCUT2D eigenvalue weighted by Gasteiger charge is 1.95. The molecule has 2 N–H and O–H groups in total. The number of hydrogen-bond acceptors (Lipinski definition) is 2. The monoisotopic (exact) mass is 202 g/mol. The molecule has 0 radical (unpaired) electrons. The van der Waals surface area contributed by atoms with Gasteiger partial charge in [0.2, 0.25) is 0 Å². The van der Waals surface area contributed by atoms with Gasteiger partial charge < -0.3 is 9.79 Å². The van der Waals surface area contributed by atoms with E-state index in [0.717, 1.165) is 0 Å². The molecule has 10 heavy (non-hydrogen) atoms. The van der Waals surface area contributed by atoms with Crippen LogP contribution < -0.4 is 0 Å². The Labute approximate surface area is 71.5 Å². The second-order valence-corrected chi connectivity index (χ2v) is 4.22. The van der Waals surface area contributed by atoms with Gasteiger partial charge in [-0.2, -0.15) is 0 Å². The lowest BCUT2D eigenvalue weighted by Crippen LogP contribution is -1.81. The van der Waals surface area contributed by atoms with Crippen LogP contribution >= 0.6 is 16.1 Å². The largest absolute Gasteiger partial charge is 0.346 e. The van der Waals surface area contributed by atoms with E-state index in [0.29, 0.717) is 6.42 Å². The Morgan fingerprint density at radius 2 is 1.30 bits per heavy atom. The molecule has 7 heteroatoms. The molecule has 0 spiro atoms. The molecule has 0 fully saturated rings. The third-order valence-electron chi connectivity index (χ3n) is 0.781. The highest BCUT2D eigenvalue weighted by molar-refractivity contribution is 7.39. The third kappa shape index (κ3) is 11.7. The van der Waals surface area contributed by atoms with Crippen molar-refractivity contribution in [3.63, 3.8) is 0 Å². The molecule has 0 rings (SSSR count). The van der Waals surface area contributed by atoms with Crippen molar-refractivity contribution in [2.24, 2.45) is 0 Å². The summed E-state index contributed by atoms with van der Waals surface area (Å²) >= 11 is 0. The molecular formula is C3H13AlO4P2. The summed E-state index contributed by atoms with van der Waals surface area (Å²) in [5, 5.41) is 0. The van der Waals surface area contributed by atoms with Crippen LogP contribution in [0.5, 0.6) is 0 Å². The summed E-state index contributed by atoms with van der Waals surface area (Å²) in [4.78, 5) is 16.5. The standard InChI is InChI=1S/C3H10O4P2.Al.3H/c4-8(5)2-1-3-9(6)7;;;;/h8-9H,1-3H2,(H,4,5)(H,6,7);;;;. The van der Waals surface area contributed by atoms with Crippen molar-refractivity contribution < 1.29 is 18.9 Å². The summed E-state index contributed by atoms with van der Waals surface area (Å²) in [5.74, 6) is 0. The Kier molecular flexibility index (Phi) is 10.8. The molecule has 0 heterocycles. The first-order valence-electron chi connectivity index (χ1n) is 2.56. The van der Waals surface area contributed by atoms with Crippen LogP contribution in [0.3, 0.4) is 0 Å². The van der Waals surface area contributed by atoms with E-state index in [2.05, 4.69) is 0 Å². The lowest BCUT2D eigenvalue weighted by atomic mass is 10.6. The van der Waals surface area contributed by atoms with Crippen molar-refractivity contribution >= 4 is 33.4 Å². The van der Waals surface area contributed by atoms with Gasteiger partial charge >= 0.3 is 0 Å². The normalized spacial score (nSPS) is 15.4. The summed E-state index contributed by atoms with van der Waals surface area (Å²) in [6, 6.07) is 0. The summed E-state index contributed by atoms with van der Waals surface area (Å²) in [7, 11) is -4.83. The van der Waals surface area contributed by atoms with Crippen molar-refractivity contribution in [3.8, 4) is 0 Å². The second kappa shape index (κ2) is 8.01. The summed E-state index contributed by atoms with van der Waals surface area (Å²) in [6.45, 7) is 0. The average Bonchev–Trinajstić information content (AvgIpc) is 1.63. The van der Waals surface area contributed by atoms with Gasteiger partial charge in [-0.3, -0.25) is 9.13 Å². The van der Waals surface area contributed by atoms with Crippen molar-refractivity contribution in [2.45, 2.75) is 6.42 Å². The predicted octanol–water partition coefficient (Wildman–Crippen LogP) is -0.873. The molecule has 2 atom stereocenters. The predicted molar refractivity (Wildman–Crippen MR) is 46.7 cm³/mol. The summed E-state index contributed by atoms with van der Waals surface area (Å²) in [5.41, 5.74) is 0. The first-order valence-corrected chi connectivity index (χ1v) is 5.69. The second-order valence-electron chi connectivity index (χ2n) is 1.64. The Hall–Kier alpha value is 0.912. The highest BCUT2D eigenvalue weighted by Crippen LogP contribution is 2.19. The van der Waals surface area contributed by atoms with Crippen LogP contribution in [0.2, 0.25) is 0 Å². The zero-order valence-corrected chi connectivity index (χ0v) is 6.83. The summed E-state index contributed by atoms with van der Waals surface area (Å²) < 4.78 is 20.0. The highest BCUT2D eigenvalue weighted by atomic mass is 31.1. The van der Waals surface area contributed by atoms with E-state index >= 15 is 0 Å². The molecule has 0 aromatic rings. The molecule has 0 saturated heterocycles. The van der Waals surface area contributed by atoms with E-state index < -0.39 is 16.1 Å². The van der Waals surface area contributed by atoms with Gasteiger partial charge in [0.15, 0.2) is 33.4 Å². The van der Waals surface area contributed by atoms with Gasteiger partial charge in [0.05, 0.1) is 0 Å². The van der Waals surface area contributed by atoms with Crippen LogP contribution in [0, 0.1) is 0 Å². The van der Waals surface area contributed by atoms with Gasteiger partial charge in [0, 0.05) is 12.3 Å². The maximum Gasteiger partial charge on any atom is 0.189 e. The van der Waals surface area contributed by atoms with Gasteiger partial charge in [-0.05, 0) is 6.42 Å². The minimum absolute atomic E-state index is 0. The quantitative estimate of drug-likeness (QED) is 0.458. The average molecular weight is 202 g/mol. The van der Waals surface area contributed by atoms with Gasteiger partial charge in [0.1, 0.15) is 0 Å². The van der Waals surface area contributed by atoms with E-state index in [1.807, 2.05) is 0 Å². The minimum Gasteiger partial charge on any atom is -0.346 e. The lowest BCUT2D eigenvalue weighted by Gasteiger charge is -1.91. The Bertz CT molecular complexity index is 114. The molecule has 4 nitrogen and oxygen atoms in total. The SMILES string of the molecule is O=[PH](O)CCC[PH](=O)O.[AlH3]. The van der Waals surface area contributed by atoms with Crippen LogP contribution in [0.1, 0.15) is 6.42 Å². The molecule has 0 aromatic heterocycles. The molecule has 0 aliphatic rings. The van der Waals surface area contributed by atoms with Gasteiger partial charge in [-0.25, -0.2) is 0 Å². The van der Waals surface area contributed by atoms with Crippen LogP contribution in [-0.2, 0) is 9.13 Å². The third-order valence-corrected chi connectivity index (χ3v) is 2.34. The summed E-state index contributed by atoms with van der Waals surface area (Å²) in [6.07, 6.45) is 0.714. The Morgan fingerprint density at radius 3 is 1.50 bits per heavy atom. The van der Waals surface area contributed by atoms with E-state index in [1.54, 1.807) is 0 Å². The fourth-order valence-corrected chi connectivity index (χ4v) is 1.70. The molecule has 0 aliphatic carbocycles. The molecule has 62 valence electrons. The van der Waals surface area contributed by atoms with Crippen molar-refractivity contribution in [1.82, 2.24) is 0 Å². The Balaban J connectivity index is 0. The smallest absolute Gasteiger partial charge is 0.189 e. The number of rotatable bonds is 4. The molecular weight excluding hydrogens is 189 g/mol. The van der Waals surface area contributed by atoms with E-state index in [1.165, 1.54) is 0 Å². The molecule has 0 bridgehead atoms. The van der Waals surface area contributed by atoms with Crippen LogP contribution in [0.4, 0.5) is 0 Å². The minimum atomic E-state index is -2.41. The maximum absolute atomic E-state index is 9.99. The van der Waals surface area contributed by atoms with E-state index in [9.17, 15) is 9.13 Å². The van der Waals surface area contributed by atoms with Crippen LogP contribution in [0.25, 0.3) is 0 Å². The van der Waals surface area contributed by atoms with Crippen molar-refractivity contribution in [3.05, 3.63) is 0 Å². The first-order chi connectivity index (χ1) is 4.13. The zero-order valence-electron chi connectivity index (χ0n) is 4.83. The fourth-order valence-electron chi connectivity index (χ4n) is 0.391. The molecule has 0 aromatic carbocycles. The van der Waals surface area contributed by atoms with Crippen molar-refractivity contribution in [1.29, 1.82) is 0 Å². The topological polar surface area (TPSA) is 74.6 Å². The molecule has 0 saturated carbocycles. The number of hydrogen-bond donors (Lipinski definition) is 2. The van der Waals surface area contributed by atoms with Crippen LogP contribution in [-0.4, -0.2) is 39.5 Å². The van der Waals surface area contributed by atoms with Gasteiger partial charge in [-0.15, -0.1) is 0 Å². The van der Waals surface area contributed by atoms with Gasteiger partial charge in [-0.1, -0.05) is 0 Å². The lowest BCUT2D eigenvalue weighted by molar-refractivity contribution is 0.497. The van der Waals surface area contributed by atoms with Gasteiger partial charge in [0.25, 0.3) is 0 Å². The fraction of sp³-hybridized carbons (Fsp3) is 1.00. The first kappa shape index (κ1) is 13.5. The molecule has 2 unspecified atom stereocenters. The van der Waals surface area contributed by atoms with E-state index in [-0.39, 0.29) is 29.7 Å². The molecule has 0 aliphatic heterocycles. The molecule has 0 amide bonds. The van der Waals surface area contributed by atoms with E-state index in [4.69, 9.17) is 9.79 Å². The maximum atomic E-state index is 9.99. The van der Waals surface area contributed by atoms with Crippen molar-refractivity contribution in [2.75, 3.05) is 12.3 Å².